The average molecular weight is 553 g/mol. The number of amidine groups is 1. The molecule has 1 aliphatic rings. The standard InChI is InChI=1S/C24H24F4N6O3S/c1-38(36)10-2-9-31-20-12-17-21(29)33(13-32-22(17)37-20)15-4-6-16(7-5-15)34(23(30)35)19-11-14(24(26,27)28)3-8-18(19)25/h3-8,11-12,29,31-32H,2,9-10,13H2,1H3,(H2,30,35). The number of fused-ring (bicyclic) bond motifs is 1. The number of carbonyl (C=O) groups is 1. The summed E-state index contributed by atoms with van der Waals surface area (Å²) in [7, 11) is -0.888. The SMILES string of the molecule is CS(=O)CCCNc1cc2c(o1)NCN(c1ccc(N(C(N)=O)c3cc(C(F)(F)F)ccc3F)cc1)C2=N. The van der Waals surface area contributed by atoms with Crippen molar-refractivity contribution in [1.29, 1.82) is 5.41 Å². The largest absolute Gasteiger partial charge is 0.425 e. The number of urea groups is 1. The van der Waals surface area contributed by atoms with Crippen molar-refractivity contribution in [3.8, 4) is 0 Å². The molecule has 3 aromatic rings. The van der Waals surface area contributed by atoms with Gasteiger partial charge in [-0.05, 0) is 48.9 Å². The third-order valence-corrected chi connectivity index (χ3v) is 6.58. The van der Waals surface area contributed by atoms with Crippen LogP contribution in [0.4, 0.5) is 51.2 Å². The number of hydrogen-bond donors (Lipinski definition) is 4. The fourth-order valence-corrected chi connectivity index (χ4v) is 4.45. The normalized spacial score (nSPS) is 14.0. The molecule has 0 aliphatic carbocycles. The summed E-state index contributed by atoms with van der Waals surface area (Å²) in [6.45, 7) is 0.724. The number of furan rings is 1. The van der Waals surface area contributed by atoms with Gasteiger partial charge in [0.25, 0.3) is 0 Å². The van der Waals surface area contributed by atoms with Crippen molar-refractivity contribution in [1.82, 2.24) is 0 Å². The lowest BCUT2D eigenvalue weighted by molar-refractivity contribution is -0.137. The first kappa shape index (κ1) is 27.0. The van der Waals surface area contributed by atoms with Crippen molar-refractivity contribution >= 4 is 51.5 Å². The molecule has 0 spiro atoms. The molecule has 0 fully saturated rings. The van der Waals surface area contributed by atoms with Crippen LogP contribution < -0.4 is 26.2 Å². The van der Waals surface area contributed by atoms with Crippen molar-refractivity contribution in [2.24, 2.45) is 5.73 Å². The van der Waals surface area contributed by atoms with Crippen LogP contribution in [-0.2, 0) is 17.0 Å². The minimum Gasteiger partial charge on any atom is -0.425 e. The zero-order valence-corrected chi connectivity index (χ0v) is 20.9. The molecule has 0 saturated carbocycles. The number of alkyl halides is 3. The van der Waals surface area contributed by atoms with Crippen LogP contribution in [0.2, 0.25) is 0 Å². The van der Waals surface area contributed by atoms with Crippen LogP contribution >= 0.6 is 0 Å². The second-order valence-corrected chi connectivity index (χ2v) is 9.93. The van der Waals surface area contributed by atoms with Crippen molar-refractivity contribution in [3.05, 3.63) is 65.5 Å². The topological polar surface area (TPSA) is 128 Å². The number of nitrogens with two attached hydrogens (primary N) is 1. The van der Waals surface area contributed by atoms with Crippen molar-refractivity contribution in [2.45, 2.75) is 12.6 Å². The lowest BCUT2D eigenvalue weighted by Gasteiger charge is -2.30. The summed E-state index contributed by atoms with van der Waals surface area (Å²) in [6.07, 6.45) is -2.42. The molecule has 2 aromatic carbocycles. The molecule has 38 heavy (non-hydrogen) atoms. The van der Waals surface area contributed by atoms with E-state index in [9.17, 15) is 26.6 Å². The van der Waals surface area contributed by atoms with Crippen LogP contribution in [0.1, 0.15) is 17.5 Å². The first-order valence-electron chi connectivity index (χ1n) is 11.3. The predicted octanol–water partition coefficient (Wildman–Crippen LogP) is 5.05. The molecule has 2 heterocycles. The van der Waals surface area contributed by atoms with Crippen LogP contribution in [0.5, 0.6) is 0 Å². The van der Waals surface area contributed by atoms with Crippen LogP contribution in [0.3, 0.4) is 0 Å². The Morgan fingerprint density at radius 2 is 1.95 bits per heavy atom. The third-order valence-electron chi connectivity index (χ3n) is 5.72. The van der Waals surface area contributed by atoms with E-state index in [1.807, 2.05) is 0 Å². The van der Waals surface area contributed by atoms with E-state index in [2.05, 4.69) is 10.6 Å². The Labute approximate surface area is 217 Å². The molecule has 9 nitrogen and oxygen atoms in total. The summed E-state index contributed by atoms with van der Waals surface area (Å²) in [5, 5.41) is 14.8. The number of carbonyl (C=O) groups excluding carboxylic acids is 1. The third kappa shape index (κ3) is 5.74. The highest BCUT2D eigenvalue weighted by molar-refractivity contribution is 7.84. The van der Waals surface area contributed by atoms with Gasteiger partial charge in [-0.15, -0.1) is 0 Å². The molecule has 1 unspecified atom stereocenters. The molecule has 0 saturated heterocycles. The van der Waals surface area contributed by atoms with E-state index < -0.39 is 40.1 Å². The Morgan fingerprint density at radius 3 is 2.58 bits per heavy atom. The highest BCUT2D eigenvalue weighted by Crippen LogP contribution is 2.37. The molecular weight excluding hydrogens is 528 g/mol. The van der Waals surface area contributed by atoms with Crippen LogP contribution in [0, 0.1) is 11.2 Å². The molecule has 1 aromatic heterocycles. The van der Waals surface area contributed by atoms with Gasteiger partial charge < -0.3 is 25.7 Å². The number of benzene rings is 2. The fraction of sp³-hybridized carbons (Fsp3) is 0.250. The zero-order valence-electron chi connectivity index (χ0n) is 20.1. The number of halogens is 4. The quantitative estimate of drug-likeness (QED) is 0.229. The summed E-state index contributed by atoms with van der Waals surface area (Å²) in [4.78, 5) is 14.4. The maximum Gasteiger partial charge on any atom is 0.416 e. The Balaban J connectivity index is 1.54. The summed E-state index contributed by atoms with van der Waals surface area (Å²) in [6, 6.07) is 8.06. The van der Waals surface area contributed by atoms with Crippen molar-refractivity contribution < 1.29 is 31.0 Å². The van der Waals surface area contributed by atoms with Gasteiger partial charge in [-0.1, -0.05) is 0 Å². The number of nitrogens with zero attached hydrogens (tertiary/aromatic N) is 2. The molecule has 0 bridgehead atoms. The number of amides is 2. The van der Waals surface area contributed by atoms with Crippen molar-refractivity contribution in [3.63, 3.8) is 0 Å². The first-order valence-corrected chi connectivity index (χ1v) is 13.0. The van der Waals surface area contributed by atoms with Crippen LogP contribution in [0.25, 0.3) is 0 Å². The lowest BCUT2D eigenvalue weighted by atomic mass is 10.1. The van der Waals surface area contributed by atoms with Crippen molar-refractivity contribution in [2.75, 3.05) is 45.7 Å². The van der Waals surface area contributed by atoms with Gasteiger partial charge >= 0.3 is 12.2 Å². The Morgan fingerprint density at radius 1 is 1.24 bits per heavy atom. The monoisotopic (exact) mass is 552 g/mol. The number of hydrogen-bond acceptors (Lipinski definition) is 6. The molecular formula is C24H24F4N6O3S. The van der Waals surface area contributed by atoms with E-state index in [0.717, 1.165) is 0 Å². The molecule has 2 amide bonds. The molecule has 1 atom stereocenters. The number of primary amides is 1. The summed E-state index contributed by atoms with van der Waals surface area (Å²) in [5.41, 5.74) is 4.68. The second kappa shape index (κ2) is 10.7. The summed E-state index contributed by atoms with van der Waals surface area (Å²) < 4.78 is 70.8. The maximum atomic E-state index is 14.5. The minimum absolute atomic E-state index is 0.0412. The highest BCUT2D eigenvalue weighted by Gasteiger charge is 2.33. The molecule has 4 rings (SSSR count). The van der Waals surface area contributed by atoms with Gasteiger partial charge in [-0.2, -0.15) is 13.2 Å². The van der Waals surface area contributed by atoms with Gasteiger partial charge in [0.2, 0.25) is 5.88 Å². The van der Waals surface area contributed by atoms with E-state index in [1.165, 1.54) is 24.3 Å². The molecule has 5 N–H and O–H groups in total. The summed E-state index contributed by atoms with van der Waals surface area (Å²) >= 11 is 0. The Kier molecular flexibility index (Phi) is 7.62. The van der Waals surface area contributed by atoms with Gasteiger partial charge in [-0.3, -0.25) is 14.5 Å². The van der Waals surface area contributed by atoms with E-state index in [0.29, 0.717) is 64.8 Å². The van der Waals surface area contributed by atoms with Gasteiger partial charge in [0.1, 0.15) is 11.7 Å². The zero-order chi connectivity index (χ0) is 27.6. The fourth-order valence-electron chi connectivity index (χ4n) is 3.90. The van der Waals surface area contributed by atoms with Crippen LogP contribution in [-0.4, -0.2) is 41.3 Å². The van der Waals surface area contributed by atoms with Gasteiger partial charge in [0.15, 0.2) is 5.88 Å². The molecule has 202 valence electrons. The average Bonchev–Trinajstić information content (AvgIpc) is 3.27. The first-order chi connectivity index (χ1) is 18.0. The second-order valence-electron chi connectivity index (χ2n) is 8.38. The van der Waals surface area contributed by atoms with E-state index in [4.69, 9.17) is 15.6 Å². The lowest BCUT2D eigenvalue weighted by Crippen LogP contribution is -2.39. The van der Waals surface area contributed by atoms with Crippen LogP contribution in [0.15, 0.2) is 52.9 Å². The van der Waals surface area contributed by atoms with Gasteiger partial charge in [0, 0.05) is 41.1 Å². The smallest absolute Gasteiger partial charge is 0.416 e. The Hall–Kier alpha value is -4.07. The van der Waals surface area contributed by atoms with E-state index in [1.54, 1.807) is 17.2 Å². The molecule has 0 radical (unpaired) electrons. The Bertz CT molecular complexity index is 1380. The minimum atomic E-state index is -4.74. The summed E-state index contributed by atoms with van der Waals surface area (Å²) in [5.74, 6) is 0.478. The van der Waals surface area contributed by atoms with Gasteiger partial charge in [0.05, 0.1) is 29.2 Å². The van der Waals surface area contributed by atoms with E-state index in [-0.39, 0.29) is 18.2 Å². The number of nitrogens with one attached hydrogen (secondary N) is 3. The molecule has 14 heteroatoms. The number of anilines is 5. The van der Waals surface area contributed by atoms with Gasteiger partial charge in [-0.25, -0.2) is 9.18 Å². The maximum absolute atomic E-state index is 14.5. The predicted molar refractivity (Wildman–Crippen MR) is 138 cm³/mol. The molecule has 1 aliphatic heterocycles. The highest BCUT2D eigenvalue weighted by atomic mass is 32.2. The van der Waals surface area contributed by atoms with E-state index >= 15 is 0 Å². The number of rotatable bonds is 8.